The second kappa shape index (κ2) is 9.36. The summed E-state index contributed by atoms with van der Waals surface area (Å²) in [6, 6.07) is 5.70. The zero-order chi connectivity index (χ0) is 20.7. The van der Waals surface area contributed by atoms with Crippen LogP contribution in [0.5, 0.6) is 11.8 Å². The molecule has 0 aliphatic heterocycles. The second-order valence-corrected chi connectivity index (χ2v) is 7.25. The molecule has 0 saturated heterocycles. The molecule has 1 atom stereocenters. The van der Waals surface area contributed by atoms with Gasteiger partial charge in [0, 0.05) is 23.8 Å². The molecule has 1 aromatic carbocycles. The molecule has 0 aliphatic carbocycles. The summed E-state index contributed by atoms with van der Waals surface area (Å²) in [7, 11) is 1.24. The molecule has 0 spiro atoms. The van der Waals surface area contributed by atoms with E-state index < -0.39 is 23.7 Å². The minimum Gasteiger partial charge on any atom is -0.467 e. The highest BCUT2D eigenvalue weighted by atomic mass is 35.5. The van der Waals surface area contributed by atoms with E-state index in [1.807, 2.05) is 0 Å². The van der Waals surface area contributed by atoms with Crippen molar-refractivity contribution in [3.8, 4) is 11.8 Å². The van der Waals surface area contributed by atoms with Gasteiger partial charge >= 0.3 is 18.1 Å². The van der Waals surface area contributed by atoms with Crippen LogP contribution < -0.4 is 10.1 Å². The fourth-order valence-corrected chi connectivity index (χ4v) is 2.44. The van der Waals surface area contributed by atoms with Gasteiger partial charge < -0.3 is 19.5 Å². The number of rotatable bonds is 6. The van der Waals surface area contributed by atoms with E-state index in [1.165, 1.54) is 7.11 Å². The number of benzene rings is 1. The Morgan fingerprint density at radius 1 is 1.21 bits per heavy atom. The fraction of sp³-hybridized carbons (Fsp3) is 0.368. The minimum absolute atomic E-state index is 0.0641. The molecule has 0 unspecified atom stereocenters. The first-order valence-corrected chi connectivity index (χ1v) is 8.86. The molecule has 8 nitrogen and oxygen atoms in total. The van der Waals surface area contributed by atoms with E-state index in [9.17, 15) is 9.59 Å². The van der Waals surface area contributed by atoms with Gasteiger partial charge in [0.25, 0.3) is 0 Å². The second-order valence-electron chi connectivity index (χ2n) is 6.81. The summed E-state index contributed by atoms with van der Waals surface area (Å²) < 4.78 is 15.7. The molecule has 0 saturated carbocycles. The van der Waals surface area contributed by atoms with Crippen LogP contribution in [0.1, 0.15) is 26.3 Å². The number of nitrogens with zero attached hydrogens (tertiary/aromatic N) is 2. The average molecular weight is 408 g/mol. The van der Waals surface area contributed by atoms with Gasteiger partial charge in [-0.15, -0.1) is 0 Å². The number of esters is 1. The van der Waals surface area contributed by atoms with E-state index in [4.69, 9.17) is 25.8 Å². The summed E-state index contributed by atoms with van der Waals surface area (Å²) in [5, 5.41) is 2.96. The third-order valence-electron chi connectivity index (χ3n) is 3.37. The third kappa shape index (κ3) is 6.70. The van der Waals surface area contributed by atoms with E-state index in [-0.39, 0.29) is 12.4 Å². The Labute approximate surface area is 168 Å². The molecule has 2 rings (SSSR count). The van der Waals surface area contributed by atoms with Crippen molar-refractivity contribution in [3.05, 3.63) is 47.2 Å². The molecule has 1 amide bonds. The smallest absolute Gasteiger partial charge is 0.408 e. The van der Waals surface area contributed by atoms with Crippen LogP contribution >= 0.6 is 11.6 Å². The van der Waals surface area contributed by atoms with Crippen molar-refractivity contribution in [1.82, 2.24) is 15.3 Å². The Kier molecular flexibility index (Phi) is 7.17. The average Bonchev–Trinajstić information content (AvgIpc) is 2.62. The molecule has 0 fully saturated rings. The first-order valence-electron chi connectivity index (χ1n) is 8.48. The van der Waals surface area contributed by atoms with Gasteiger partial charge in [-0.25, -0.2) is 19.6 Å². The molecule has 0 bridgehead atoms. The Bertz CT molecular complexity index is 824. The maximum atomic E-state index is 12.2. The van der Waals surface area contributed by atoms with Gasteiger partial charge in [-0.2, -0.15) is 0 Å². The molecule has 1 N–H and O–H groups in total. The largest absolute Gasteiger partial charge is 0.467 e. The first kappa shape index (κ1) is 21.4. The van der Waals surface area contributed by atoms with Crippen molar-refractivity contribution < 1.29 is 23.8 Å². The first-order chi connectivity index (χ1) is 13.2. The quantitative estimate of drug-likeness (QED) is 0.731. The van der Waals surface area contributed by atoms with Crippen molar-refractivity contribution >= 4 is 23.7 Å². The van der Waals surface area contributed by atoms with Crippen molar-refractivity contribution in [2.75, 3.05) is 7.11 Å². The number of methoxy groups -OCH3 is 1. The summed E-state index contributed by atoms with van der Waals surface area (Å²) in [6.45, 7) is 5.17. The standard InChI is InChI=1S/C19H22ClN3O5/c1-19(2,3)28-18(25)23-14(16(24)26-4)11-12-10-13(20)6-7-15(12)27-17-21-8-5-9-22-17/h5-10,14H,11H2,1-4H3,(H,23,25)/t14-/m0/s1. The highest BCUT2D eigenvalue weighted by Gasteiger charge is 2.26. The van der Waals surface area contributed by atoms with Crippen LogP contribution in [0, 0.1) is 0 Å². The molecular weight excluding hydrogens is 386 g/mol. The lowest BCUT2D eigenvalue weighted by atomic mass is 10.0. The van der Waals surface area contributed by atoms with Crippen molar-refractivity contribution in [1.29, 1.82) is 0 Å². The van der Waals surface area contributed by atoms with E-state index in [1.54, 1.807) is 57.4 Å². The monoisotopic (exact) mass is 407 g/mol. The third-order valence-corrected chi connectivity index (χ3v) is 3.60. The van der Waals surface area contributed by atoms with E-state index in [0.717, 1.165) is 0 Å². The van der Waals surface area contributed by atoms with Gasteiger partial charge in [-0.1, -0.05) is 11.6 Å². The summed E-state index contributed by atoms with van der Waals surface area (Å²) >= 11 is 6.09. The normalized spacial score (nSPS) is 12.0. The molecule has 2 aromatic rings. The topological polar surface area (TPSA) is 99.6 Å². The van der Waals surface area contributed by atoms with Gasteiger partial charge in [0.05, 0.1) is 7.11 Å². The molecule has 9 heteroatoms. The summed E-state index contributed by atoms with van der Waals surface area (Å²) in [6.07, 6.45) is 2.41. The lowest BCUT2D eigenvalue weighted by molar-refractivity contribution is -0.143. The van der Waals surface area contributed by atoms with Crippen LogP contribution in [0.3, 0.4) is 0 Å². The number of hydrogen-bond donors (Lipinski definition) is 1. The summed E-state index contributed by atoms with van der Waals surface area (Å²) in [4.78, 5) is 32.3. The van der Waals surface area contributed by atoms with Gasteiger partial charge in [-0.3, -0.25) is 0 Å². The Morgan fingerprint density at radius 2 is 1.89 bits per heavy atom. The molecule has 1 heterocycles. The SMILES string of the molecule is COC(=O)[C@H](Cc1cc(Cl)ccc1Oc1ncccn1)NC(=O)OC(C)(C)C. The van der Waals surface area contributed by atoms with Crippen LogP contribution in [0.2, 0.25) is 5.02 Å². The number of hydrogen-bond acceptors (Lipinski definition) is 7. The number of alkyl carbamates (subject to hydrolysis) is 1. The van der Waals surface area contributed by atoms with Gasteiger partial charge in [-0.05, 0) is 50.6 Å². The lowest BCUT2D eigenvalue weighted by Gasteiger charge is -2.23. The fourth-order valence-electron chi connectivity index (χ4n) is 2.25. The Balaban J connectivity index is 2.24. The summed E-state index contributed by atoms with van der Waals surface area (Å²) in [5.41, 5.74) is -0.147. The number of halogens is 1. The summed E-state index contributed by atoms with van der Waals surface area (Å²) in [5.74, 6) is -0.233. The predicted molar refractivity (Wildman–Crippen MR) is 102 cm³/mol. The van der Waals surface area contributed by atoms with Crippen molar-refractivity contribution in [3.63, 3.8) is 0 Å². The predicted octanol–water partition coefficient (Wildman–Crippen LogP) is 3.53. The van der Waals surface area contributed by atoms with E-state index in [2.05, 4.69) is 15.3 Å². The number of aromatic nitrogens is 2. The highest BCUT2D eigenvalue weighted by molar-refractivity contribution is 6.30. The lowest BCUT2D eigenvalue weighted by Crippen LogP contribution is -2.45. The van der Waals surface area contributed by atoms with Crippen molar-refractivity contribution in [2.45, 2.75) is 38.8 Å². The molecule has 0 aliphatic rings. The zero-order valence-corrected chi connectivity index (χ0v) is 16.8. The number of carbonyl (C=O) groups is 2. The molecular formula is C19H22ClN3O5. The van der Waals surface area contributed by atoms with Crippen LogP contribution in [-0.2, 0) is 20.7 Å². The number of carbonyl (C=O) groups excluding carboxylic acids is 2. The van der Waals surface area contributed by atoms with Crippen LogP contribution in [0.25, 0.3) is 0 Å². The highest BCUT2D eigenvalue weighted by Crippen LogP contribution is 2.27. The van der Waals surface area contributed by atoms with Gasteiger partial charge in [0.1, 0.15) is 17.4 Å². The molecule has 0 radical (unpaired) electrons. The zero-order valence-electron chi connectivity index (χ0n) is 16.1. The minimum atomic E-state index is -1.00. The number of amides is 1. The Morgan fingerprint density at radius 3 is 2.50 bits per heavy atom. The van der Waals surface area contributed by atoms with Gasteiger partial charge in [0.2, 0.25) is 0 Å². The number of ether oxygens (including phenoxy) is 3. The Hall–Kier alpha value is -2.87. The molecule has 150 valence electrons. The van der Waals surface area contributed by atoms with Crippen LogP contribution in [-0.4, -0.2) is 40.8 Å². The molecule has 1 aromatic heterocycles. The molecule has 28 heavy (non-hydrogen) atoms. The maximum absolute atomic E-state index is 12.2. The van der Waals surface area contributed by atoms with Gasteiger partial charge in [0.15, 0.2) is 0 Å². The van der Waals surface area contributed by atoms with Crippen LogP contribution in [0.4, 0.5) is 4.79 Å². The number of nitrogens with one attached hydrogen (secondary N) is 1. The van der Waals surface area contributed by atoms with E-state index >= 15 is 0 Å². The van der Waals surface area contributed by atoms with E-state index in [0.29, 0.717) is 16.3 Å². The van der Waals surface area contributed by atoms with Crippen LogP contribution in [0.15, 0.2) is 36.7 Å². The van der Waals surface area contributed by atoms with Crippen molar-refractivity contribution in [2.24, 2.45) is 0 Å². The maximum Gasteiger partial charge on any atom is 0.408 e.